The van der Waals surface area contributed by atoms with Crippen molar-refractivity contribution in [2.45, 2.75) is 31.7 Å². The highest BCUT2D eigenvalue weighted by molar-refractivity contribution is 9.10. The second-order valence-corrected chi connectivity index (χ2v) is 6.16. The van der Waals surface area contributed by atoms with E-state index in [2.05, 4.69) is 36.1 Å². The molecule has 1 aliphatic carbocycles. The Hall–Kier alpha value is -1.17. The van der Waals surface area contributed by atoms with E-state index >= 15 is 0 Å². The summed E-state index contributed by atoms with van der Waals surface area (Å²) in [5.74, 6) is 1.15. The van der Waals surface area contributed by atoms with E-state index in [1.165, 1.54) is 0 Å². The van der Waals surface area contributed by atoms with Crippen molar-refractivity contribution < 1.29 is 4.79 Å². The highest BCUT2D eigenvalue weighted by Gasteiger charge is 2.30. The van der Waals surface area contributed by atoms with Crippen LogP contribution in [0.3, 0.4) is 0 Å². The Labute approximate surface area is 120 Å². The fraction of sp³-hybridized carbons (Fsp3) is 0.615. The molecule has 0 radical (unpaired) electrons. The predicted molar refractivity (Wildman–Crippen MR) is 75.8 cm³/mol. The molecule has 0 spiro atoms. The normalized spacial score (nSPS) is 20.4. The largest absolute Gasteiger partial charge is 0.353 e. The van der Waals surface area contributed by atoms with Crippen LogP contribution in [-0.4, -0.2) is 35.0 Å². The molecule has 102 valence electrons. The van der Waals surface area contributed by atoms with Crippen LogP contribution in [0.1, 0.15) is 25.7 Å². The number of hydrogen-bond donors (Lipinski definition) is 1. The first-order valence-electron chi connectivity index (χ1n) is 6.75. The number of hydrogen-bond acceptors (Lipinski definition) is 4. The van der Waals surface area contributed by atoms with Gasteiger partial charge in [-0.1, -0.05) is 0 Å². The summed E-state index contributed by atoms with van der Waals surface area (Å²) >= 11 is 3.33. The number of nitrogens with one attached hydrogen (secondary N) is 1. The maximum Gasteiger partial charge on any atom is 0.225 e. The van der Waals surface area contributed by atoms with Crippen LogP contribution in [0.4, 0.5) is 5.95 Å². The molecule has 1 aromatic heterocycles. The van der Waals surface area contributed by atoms with Crippen molar-refractivity contribution in [1.29, 1.82) is 0 Å². The fourth-order valence-electron chi connectivity index (χ4n) is 2.36. The van der Waals surface area contributed by atoms with Crippen molar-refractivity contribution in [2.24, 2.45) is 5.92 Å². The molecular formula is C13H17BrN4O. The van der Waals surface area contributed by atoms with Crippen LogP contribution in [0.15, 0.2) is 16.9 Å². The summed E-state index contributed by atoms with van der Waals surface area (Å²) in [6.07, 6.45) is 7.59. The third kappa shape index (κ3) is 3.23. The molecule has 0 atom stereocenters. The van der Waals surface area contributed by atoms with Gasteiger partial charge in [-0.25, -0.2) is 9.97 Å². The van der Waals surface area contributed by atoms with Crippen molar-refractivity contribution in [3.05, 3.63) is 16.9 Å². The second kappa shape index (κ2) is 5.45. The number of halogens is 1. The molecule has 0 aromatic carbocycles. The van der Waals surface area contributed by atoms with Crippen molar-refractivity contribution in [1.82, 2.24) is 15.3 Å². The smallest absolute Gasteiger partial charge is 0.225 e. The van der Waals surface area contributed by atoms with Crippen molar-refractivity contribution in [3.8, 4) is 0 Å². The van der Waals surface area contributed by atoms with E-state index in [0.717, 1.165) is 49.2 Å². The first kappa shape index (κ1) is 12.8. The van der Waals surface area contributed by atoms with E-state index in [0.29, 0.717) is 6.04 Å². The average Bonchev–Trinajstić information content (AvgIpc) is 3.24. The van der Waals surface area contributed by atoms with Gasteiger partial charge in [-0.15, -0.1) is 0 Å². The van der Waals surface area contributed by atoms with Gasteiger partial charge in [0.2, 0.25) is 11.9 Å². The standard InChI is InChI=1S/C13H17BrN4O/c14-10-7-15-13(16-8-10)18-5-3-9(4-6-18)12(19)17-11-1-2-11/h7-9,11H,1-6H2,(H,17,19). The van der Waals surface area contributed by atoms with Gasteiger partial charge >= 0.3 is 0 Å². The van der Waals surface area contributed by atoms with Crippen LogP contribution in [0.25, 0.3) is 0 Å². The van der Waals surface area contributed by atoms with Crippen LogP contribution in [0.5, 0.6) is 0 Å². The number of carbonyl (C=O) groups excluding carboxylic acids is 1. The highest BCUT2D eigenvalue weighted by Crippen LogP contribution is 2.24. The number of aromatic nitrogens is 2. The number of carbonyl (C=O) groups is 1. The van der Waals surface area contributed by atoms with Gasteiger partial charge in [0.15, 0.2) is 0 Å². The molecule has 3 rings (SSSR count). The molecule has 2 fully saturated rings. The van der Waals surface area contributed by atoms with Crippen LogP contribution in [-0.2, 0) is 4.79 Å². The summed E-state index contributed by atoms with van der Waals surface area (Å²) in [4.78, 5) is 22.7. The Balaban J connectivity index is 1.53. The zero-order valence-electron chi connectivity index (χ0n) is 10.7. The third-order valence-electron chi connectivity index (χ3n) is 3.68. The molecule has 19 heavy (non-hydrogen) atoms. The minimum Gasteiger partial charge on any atom is -0.353 e. The van der Waals surface area contributed by atoms with Gasteiger partial charge in [-0.2, -0.15) is 0 Å². The van der Waals surface area contributed by atoms with Gasteiger partial charge < -0.3 is 10.2 Å². The first-order chi connectivity index (χ1) is 9.22. The van der Waals surface area contributed by atoms with Crippen LogP contribution in [0, 0.1) is 5.92 Å². The summed E-state index contributed by atoms with van der Waals surface area (Å²) in [6.45, 7) is 1.70. The number of nitrogens with zero attached hydrogens (tertiary/aromatic N) is 3. The molecule has 5 nitrogen and oxygen atoms in total. The SMILES string of the molecule is O=C(NC1CC1)C1CCN(c2ncc(Br)cn2)CC1. The zero-order chi connectivity index (χ0) is 13.2. The quantitative estimate of drug-likeness (QED) is 0.920. The van der Waals surface area contributed by atoms with Crippen LogP contribution >= 0.6 is 15.9 Å². The maximum atomic E-state index is 12.0. The van der Waals surface area contributed by atoms with Gasteiger partial charge in [0.25, 0.3) is 0 Å². The Morgan fingerprint density at radius 1 is 1.21 bits per heavy atom. The lowest BCUT2D eigenvalue weighted by atomic mass is 9.96. The van der Waals surface area contributed by atoms with Crippen molar-refractivity contribution >= 4 is 27.8 Å². The second-order valence-electron chi connectivity index (χ2n) is 5.25. The van der Waals surface area contributed by atoms with E-state index in [1.807, 2.05) is 0 Å². The van der Waals surface area contributed by atoms with Crippen LogP contribution in [0.2, 0.25) is 0 Å². The predicted octanol–water partition coefficient (Wildman–Crippen LogP) is 1.73. The van der Waals surface area contributed by atoms with Crippen molar-refractivity contribution in [3.63, 3.8) is 0 Å². The molecule has 0 unspecified atom stereocenters. The maximum absolute atomic E-state index is 12.0. The van der Waals surface area contributed by atoms with E-state index in [4.69, 9.17) is 0 Å². The molecule has 1 aliphatic heterocycles. The Kier molecular flexibility index (Phi) is 3.68. The van der Waals surface area contributed by atoms with Gasteiger partial charge in [0.05, 0.1) is 4.47 Å². The Morgan fingerprint density at radius 2 is 1.84 bits per heavy atom. The summed E-state index contributed by atoms with van der Waals surface area (Å²) in [7, 11) is 0. The number of rotatable bonds is 3. The van der Waals surface area contributed by atoms with E-state index in [-0.39, 0.29) is 11.8 Å². The average molecular weight is 325 g/mol. The van der Waals surface area contributed by atoms with Gasteiger partial charge in [-0.05, 0) is 41.6 Å². The lowest BCUT2D eigenvalue weighted by Crippen LogP contribution is -2.41. The lowest BCUT2D eigenvalue weighted by molar-refractivity contribution is -0.125. The molecule has 1 saturated heterocycles. The minimum atomic E-state index is 0.160. The van der Waals surface area contributed by atoms with E-state index in [9.17, 15) is 4.79 Å². The van der Waals surface area contributed by atoms with Crippen LogP contribution < -0.4 is 10.2 Å². The van der Waals surface area contributed by atoms with E-state index in [1.54, 1.807) is 12.4 Å². The van der Waals surface area contributed by atoms with Gasteiger partial charge in [0, 0.05) is 37.4 Å². The lowest BCUT2D eigenvalue weighted by Gasteiger charge is -2.31. The highest BCUT2D eigenvalue weighted by atomic mass is 79.9. The number of piperidine rings is 1. The molecule has 0 bridgehead atoms. The molecule has 6 heteroatoms. The number of amides is 1. The molecule has 1 N–H and O–H groups in total. The Bertz CT molecular complexity index is 452. The minimum absolute atomic E-state index is 0.160. The third-order valence-corrected chi connectivity index (χ3v) is 4.09. The molecule has 1 aromatic rings. The summed E-state index contributed by atoms with van der Waals surface area (Å²) in [6, 6.07) is 0.459. The number of anilines is 1. The van der Waals surface area contributed by atoms with Gasteiger partial charge in [0.1, 0.15) is 0 Å². The molecule has 2 heterocycles. The summed E-state index contributed by atoms with van der Waals surface area (Å²) in [5.41, 5.74) is 0. The summed E-state index contributed by atoms with van der Waals surface area (Å²) in [5, 5.41) is 3.09. The monoisotopic (exact) mass is 324 g/mol. The summed E-state index contributed by atoms with van der Waals surface area (Å²) < 4.78 is 0.884. The molecule has 1 amide bonds. The first-order valence-corrected chi connectivity index (χ1v) is 7.54. The van der Waals surface area contributed by atoms with E-state index < -0.39 is 0 Å². The molecular weight excluding hydrogens is 308 g/mol. The molecule has 1 saturated carbocycles. The Morgan fingerprint density at radius 3 is 2.42 bits per heavy atom. The van der Waals surface area contributed by atoms with Crippen molar-refractivity contribution in [2.75, 3.05) is 18.0 Å². The topological polar surface area (TPSA) is 58.1 Å². The molecule has 2 aliphatic rings. The fourth-order valence-corrected chi connectivity index (χ4v) is 2.56. The van der Waals surface area contributed by atoms with Gasteiger partial charge in [-0.3, -0.25) is 4.79 Å². The zero-order valence-corrected chi connectivity index (χ0v) is 12.3.